The number of hydrogen-bond donors (Lipinski definition) is 0. The lowest BCUT2D eigenvalue weighted by molar-refractivity contribution is 0.0491. The summed E-state index contributed by atoms with van der Waals surface area (Å²) in [4.78, 5) is 17.6. The molecule has 1 aliphatic carbocycles. The van der Waals surface area contributed by atoms with Crippen molar-refractivity contribution in [2.45, 2.75) is 31.4 Å². The Morgan fingerprint density at radius 2 is 2.23 bits per heavy atom. The molecular formula is C15H17N5O2. The molecule has 2 aliphatic rings. The third kappa shape index (κ3) is 2.66. The number of carbonyl (C=O) groups is 1. The Bertz CT molecular complexity index is 662. The SMILES string of the molecule is O=C(OCc1cccnc1)N1CC(n2cc(C3CC3)nn2)C1. The summed E-state index contributed by atoms with van der Waals surface area (Å²) in [7, 11) is 0. The molecule has 0 spiro atoms. The second-order valence-electron chi connectivity index (χ2n) is 5.87. The van der Waals surface area contributed by atoms with Gasteiger partial charge in [0.05, 0.1) is 11.7 Å². The zero-order valence-electron chi connectivity index (χ0n) is 12.1. The van der Waals surface area contributed by atoms with Gasteiger partial charge < -0.3 is 9.64 Å². The molecule has 0 bridgehead atoms. The van der Waals surface area contributed by atoms with Gasteiger partial charge in [-0.2, -0.15) is 0 Å². The zero-order valence-corrected chi connectivity index (χ0v) is 12.1. The van der Waals surface area contributed by atoms with E-state index in [-0.39, 0.29) is 18.7 Å². The van der Waals surface area contributed by atoms with Gasteiger partial charge in [0.15, 0.2) is 0 Å². The first-order valence-electron chi connectivity index (χ1n) is 7.52. The maximum absolute atomic E-state index is 11.9. The van der Waals surface area contributed by atoms with E-state index in [1.54, 1.807) is 17.3 Å². The highest BCUT2D eigenvalue weighted by Crippen LogP contribution is 2.39. The predicted octanol–water partition coefficient (Wildman–Crippen LogP) is 1.74. The molecule has 22 heavy (non-hydrogen) atoms. The van der Waals surface area contributed by atoms with Crippen LogP contribution >= 0.6 is 0 Å². The topological polar surface area (TPSA) is 73.1 Å². The summed E-state index contributed by atoms with van der Waals surface area (Å²) in [6.45, 7) is 1.50. The zero-order chi connectivity index (χ0) is 14.9. The number of hydrogen-bond acceptors (Lipinski definition) is 5. The fraction of sp³-hybridized carbons (Fsp3) is 0.467. The first-order valence-corrected chi connectivity index (χ1v) is 7.52. The monoisotopic (exact) mass is 299 g/mol. The number of carbonyl (C=O) groups excluding carboxylic acids is 1. The maximum atomic E-state index is 11.9. The van der Waals surface area contributed by atoms with E-state index in [0.717, 1.165) is 11.3 Å². The molecule has 1 aliphatic heterocycles. The molecule has 0 aromatic carbocycles. The molecule has 1 saturated heterocycles. The molecule has 0 radical (unpaired) electrons. The van der Waals surface area contributed by atoms with Gasteiger partial charge in [0, 0.05) is 43.2 Å². The Balaban J connectivity index is 1.26. The number of aromatic nitrogens is 4. The molecule has 0 unspecified atom stereocenters. The van der Waals surface area contributed by atoms with Crippen LogP contribution in [0.5, 0.6) is 0 Å². The van der Waals surface area contributed by atoms with Crippen LogP contribution in [-0.4, -0.2) is 44.1 Å². The summed E-state index contributed by atoms with van der Waals surface area (Å²) in [5, 5.41) is 8.36. The lowest BCUT2D eigenvalue weighted by Crippen LogP contribution is -2.51. The van der Waals surface area contributed by atoms with Crippen LogP contribution in [0, 0.1) is 0 Å². The highest BCUT2D eigenvalue weighted by atomic mass is 16.6. The van der Waals surface area contributed by atoms with Crippen molar-refractivity contribution in [2.24, 2.45) is 0 Å². The van der Waals surface area contributed by atoms with Gasteiger partial charge in [0.2, 0.25) is 0 Å². The minimum Gasteiger partial charge on any atom is -0.444 e. The van der Waals surface area contributed by atoms with Crippen LogP contribution in [0.2, 0.25) is 0 Å². The van der Waals surface area contributed by atoms with Crippen LogP contribution in [0.15, 0.2) is 30.7 Å². The van der Waals surface area contributed by atoms with Crippen LogP contribution in [0.4, 0.5) is 4.79 Å². The molecule has 2 fully saturated rings. The van der Waals surface area contributed by atoms with Crippen molar-refractivity contribution in [3.8, 4) is 0 Å². The molecule has 0 atom stereocenters. The van der Waals surface area contributed by atoms with Gasteiger partial charge in [-0.05, 0) is 18.9 Å². The number of pyridine rings is 1. The minimum atomic E-state index is -0.289. The van der Waals surface area contributed by atoms with Gasteiger partial charge in [-0.1, -0.05) is 11.3 Å². The highest BCUT2D eigenvalue weighted by Gasteiger charge is 2.35. The first kappa shape index (κ1) is 13.2. The number of rotatable bonds is 4. The minimum absolute atomic E-state index is 0.214. The van der Waals surface area contributed by atoms with Crippen molar-refractivity contribution in [3.63, 3.8) is 0 Å². The molecule has 7 nitrogen and oxygen atoms in total. The quantitative estimate of drug-likeness (QED) is 0.860. The largest absolute Gasteiger partial charge is 0.444 e. The smallest absolute Gasteiger partial charge is 0.410 e. The summed E-state index contributed by atoms with van der Waals surface area (Å²) < 4.78 is 7.14. The third-order valence-electron chi connectivity index (χ3n) is 4.10. The van der Waals surface area contributed by atoms with E-state index >= 15 is 0 Å². The normalized spacial score (nSPS) is 18.1. The molecule has 2 aromatic rings. The van der Waals surface area contributed by atoms with E-state index in [2.05, 4.69) is 15.3 Å². The van der Waals surface area contributed by atoms with Crippen molar-refractivity contribution in [1.82, 2.24) is 24.9 Å². The van der Waals surface area contributed by atoms with E-state index in [9.17, 15) is 4.79 Å². The molecule has 4 rings (SSSR count). The van der Waals surface area contributed by atoms with E-state index < -0.39 is 0 Å². The summed E-state index contributed by atoms with van der Waals surface area (Å²) in [6.07, 6.45) is 7.55. The highest BCUT2D eigenvalue weighted by molar-refractivity contribution is 5.68. The van der Waals surface area contributed by atoms with Crippen molar-refractivity contribution in [1.29, 1.82) is 0 Å². The fourth-order valence-corrected chi connectivity index (χ4v) is 2.53. The number of amides is 1. The summed E-state index contributed by atoms with van der Waals surface area (Å²) in [6, 6.07) is 3.92. The van der Waals surface area contributed by atoms with Crippen LogP contribution in [0.25, 0.3) is 0 Å². The average Bonchev–Trinajstić information content (AvgIpc) is 3.24. The standard InChI is InChI=1S/C15H17N5O2/c21-15(22-10-11-2-1-5-16-6-11)19-7-13(8-19)20-9-14(17-18-20)12-3-4-12/h1-2,5-6,9,12-13H,3-4,7-8,10H2. The van der Waals surface area contributed by atoms with Gasteiger partial charge in [0.1, 0.15) is 6.61 Å². The van der Waals surface area contributed by atoms with Gasteiger partial charge in [-0.25, -0.2) is 9.48 Å². The Hall–Kier alpha value is -2.44. The Morgan fingerprint density at radius 1 is 1.36 bits per heavy atom. The second-order valence-corrected chi connectivity index (χ2v) is 5.87. The molecular weight excluding hydrogens is 282 g/mol. The van der Waals surface area contributed by atoms with Gasteiger partial charge in [-0.15, -0.1) is 5.10 Å². The Morgan fingerprint density at radius 3 is 2.95 bits per heavy atom. The van der Waals surface area contributed by atoms with E-state index in [0.29, 0.717) is 19.0 Å². The predicted molar refractivity (Wildman–Crippen MR) is 77.0 cm³/mol. The molecule has 2 aromatic heterocycles. The van der Waals surface area contributed by atoms with Gasteiger partial charge >= 0.3 is 6.09 Å². The number of nitrogens with zero attached hydrogens (tertiary/aromatic N) is 5. The van der Waals surface area contributed by atoms with Crippen LogP contribution in [0.3, 0.4) is 0 Å². The number of likely N-dealkylation sites (tertiary alicyclic amines) is 1. The second kappa shape index (κ2) is 5.40. The molecule has 0 N–H and O–H groups in total. The fourth-order valence-electron chi connectivity index (χ4n) is 2.53. The lowest BCUT2D eigenvalue weighted by atomic mass is 10.1. The van der Waals surface area contributed by atoms with E-state index in [1.807, 2.05) is 23.0 Å². The average molecular weight is 299 g/mol. The Labute approximate surface area is 127 Å². The Kier molecular flexibility index (Phi) is 3.25. The van der Waals surface area contributed by atoms with E-state index in [1.165, 1.54) is 12.8 Å². The summed E-state index contributed by atoms with van der Waals surface area (Å²) >= 11 is 0. The van der Waals surface area contributed by atoms with Crippen molar-refractivity contribution in [3.05, 3.63) is 42.0 Å². The van der Waals surface area contributed by atoms with Gasteiger partial charge in [-0.3, -0.25) is 4.98 Å². The summed E-state index contributed by atoms with van der Waals surface area (Å²) in [5.41, 5.74) is 1.97. The van der Waals surface area contributed by atoms with Crippen LogP contribution in [-0.2, 0) is 11.3 Å². The van der Waals surface area contributed by atoms with E-state index in [4.69, 9.17) is 4.74 Å². The third-order valence-corrected chi connectivity index (χ3v) is 4.10. The molecule has 1 saturated carbocycles. The first-order chi connectivity index (χ1) is 10.8. The molecule has 114 valence electrons. The molecule has 3 heterocycles. The molecule has 7 heteroatoms. The van der Waals surface area contributed by atoms with Crippen molar-refractivity contribution in [2.75, 3.05) is 13.1 Å². The molecule has 1 amide bonds. The number of ether oxygens (including phenoxy) is 1. The lowest BCUT2D eigenvalue weighted by Gasteiger charge is -2.37. The maximum Gasteiger partial charge on any atom is 0.410 e. The van der Waals surface area contributed by atoms with Crippen LogP contribution in [0.1, 0.15) is 36.1 Å². The summed E-state index contributed by atoms with van der Waals surface area (Å²) in [5.74, 6) is 0.606. The van der Waals surface area contributed by atoms with Crippen molar-refractivity contribution < 1.29 is 9.53 Å². The van der Waals surface area contributed by atoms with Crippen molar-refractivity contribution >= 4 is 6.09 Å². The van der Waals surface area contributed by atoms with Crippen LogP contribution < -0.4 is 0 Å². The van der Waals surface area contributed by atoms with Gasteiger partial charge in [0.25, 0.3) is 0 Å².